The molecule has 0 radical (unpaired) electrons. The molecule has 3 nitrogen and oxygen atoms in total. The number of isocyanates is 1. The fraction of sp³-hybridized carbons (Fsp3) is 0.250. The molecule has 3 heteroatoms. The summed E-state index contributed by atoms with van der Waals surface area (Å²) in [4.78, 5) is 14.0. The van der Waals surface area contributed by atoms with E-state index in [0.29, 0.717) is 11.7 Å². The second-order valence-corrected chi connectivity index (χ2v) is 3.74. The Morgan fingerprint density at radius 3 is 2.73 bits per heavy atom. The lowest BCUT2D eigenvalue weighted by molar-refractivity contribution is 0.565. The summed E-state index contributed by atoms with van der Waals surface area (Å²) in [6, 6.07) is 8.26. The molecule has 0 saturated carbocycles. The van der Waals surface area contributed by atoms with Crippen LogP contribution in [0.2, 0.25) is 0 Å². The van der Waals surface area contributed by atoms with Gasteiger partial charge in [-0.1, -0.05) is 18.2 Å². The molecule has 0 aliphatic heterocycles. The zero-order chi connectivity index (χ0) is 10.8. The summed E-state index contributed by atoms with van der Waals surface area (Å²) in [6.07, 6.45) is 3.48. The molecule has 0 aliphatic carbocycles. The molecule has 2 rings (SSSR count). The number of fused-ring (bicyclic) bond motifs is 1. The summed E-state index contributed by atoms with van der Waals surface area (Å²) in [5, 5.41) is 0.995. The van der Waals surface area contributed by atoms with Crippen LogP contribution in [0.25, 0.3) is 10.9 Å². The first kappa shape index (κ1) is 9.69. The average molecular weight is 200 g/mol. The van der Waals surface area contributed by atoms with Gasteiger partial charge in [0.15, 0.2) is 0 Å². The van der Waals surface area contributed by atoms with Crippen molar-refractivity contribution in [2.24, 2.45) is 4.99 Å². The molecule has 0 bridgehead atoms. The number of nitrogens with zero attached hydrogens (tertiary/aromatic N) is 2. The van der Waals surface area contributed by atoms with E-state index in [1.807, 2.05) is 30.5 Å². The second kappa shape index (κ2) is 3.71. The maximum Gasteiger partial charge on any atom is 0.240 e. The largest absolute Gasteiger partial charge is 0.343 e. The summed E-state index contributed by atoms with van der Waals surface area (Å²) < 4.78 is 2.10. The molecule has 0 unspecified atom stereocenters. The van der Waals surface area contributed by atoms with E-state index in [-0.39, 0.29) is 0 Å². The number of benzene rings is 1. The average Bonchev–Trinajstić information content (AvgIpc) is 2.59. The monoisotopic (exact) mass is 200 g/mol. The van der Waals surface area contributed by atoms with Gasteiger partial charge in [0.2, 0.25) is 6.08 Å². The van der Waals surface area contributed by atoms with Crippen molar-refractivity contribution < 1.29 is 4.79 Å². The molecule has 1 aromatic carbocycles. The van der Waals surface area contributed by atoms with E-state index in [9.17, 15) is 4.79 Å². The fourth-order valence-corrected chi connectivity index (χ4v) is 1.75. The lowest BCUT2D eigenvalue weighted by atomic mass is 10.2. The van der Waals surface area contributed by atoms with Gasteiger partial charge in [-0.05, 0) is 19.9 Å². The van der Waals surface area contributed by atoms with Crippen LogP contribution in [0.5, 0.6) is 0 Å². The van der Waals surface area contributed by atoms with E-state index in [2.05, 4.69) is 23.4 Å². The molecule has 1 aromatic heterocycles. The maximum atomic E-state index is 10.3. The van der Waals surface area contributed by atoms with Crippen molar-refractivity contribution in [3.8, 4) is 0 Å². The van der Waals surface area contributed by atoms with Crippen LogP contribution in [0, 0.1) is 0 Å². The summed E-state index contributed by atoms with van der Waals surface area (Å²) >= 11 is 0. The van der Waals surface area contributed by atoms with Crippen LogP contribution in [0.1, 0.15) is 19.9 Å². The third-order valence-electron chi connectivity index (χ3n) is 2.44. The molecular formula is C12H12N2O. The van der Waals surface area contributed by atoms with Gasteiger partial charge in [-0.15, -0.1) is 0 Å². The van der Waals surface area contributed by atoms with Gasteiger partial charge < -0.3 is 4.57 Å². The molecular weight excluding hydrogens is 188 g/mol. The Morgan fingerprint density at radius 2 is 2.07 bits per heavy atom. The van der Waals surface area contributed by atoms with E-state index in [1.54, 1.807) is 6.08 Å². The Hall–Kier alpha value is -1.86. The summed E-state index contributed by atoms with van der Waals surface area (Å²) in [5.74, 6) is 0. The minimum Gasteiger partial charge on any atom is -0.343 e. The van der Waals surface area contributed by atoms with Crippen molar-refractivity contribution in [1.29, 1.82) is 0 Å². The van der Waals surface area contributed by atoms with Crippen LogP contribution >= 0.6 is 0 Å². The van der Waals surface area contributed by atoms with Crippen molar-refractivity contribution >= 4 is 22.7 Å². The topological polar surface area (TPSA) is 34.4 Å². The zero-order valence-electron chi connectivity index (χ0n) is 8.77. The van der Waals surface area contributed by atoms with E-state index in [0.717, 1.165) is 10.9 Å². The van der Waals surface area contributed by atoms with Gasteiger partial charge in [-0.25, -0.2) is 4.79 Å². The standard InChI is InChI=1S/C12H12N2O/c1-9(2)14-7-11(13-8-15)10-5-3-4-6-12(10)14/h3-7,9H,1-2H3. The van der Waals surface area contributed by atoms with Crippen LogP contribution in [0.4, 0.5) is 5.69 Å². The number of carbonyl (C=O) groups excluding carboxylic acids is 1. The molecule has 0 atom stereocenters. The molecule has 0 N–H and O–H groups in total. The van der Waals surface area contributed by atoms with Crippen molar-refractivity contribution in [2.45, 2.75) is 19.9 Å². The van der Waals surface area contributed by atoms with Crippen LogP contribution in [-0.2, 0) is 4.79 Å². The van der Waals surface area contributed by atoms with E-state index in [4.69, 9.17) is 0 Å². The predicted molar refractivity (Wildman–Crippen MR) is 60.1 cm³/mol. The van der Waals surface area contributed by atoms with Gasteiger partial charge in [0, 0.05) is 17.6 Å². The number of rotatable bonds is 2. The molecule has 0 amide bonds. The maximum absolute atomic E-state index is 10.3. The molecule has 0 fully saturated rings. The van der Waals surface area contributed by atoms with Crippen molar-refractivity contribution in [3.63, 3.8) is 0 Å². The Balaban J connectivity index is 2.78. The molecule has 15 heavy (non-hydrogen) atoms. The lowest BCUT2D eigenvalue weighted by Gasteiger charge is -2.07. The highest BCUT2D eigenvalue weighted by Gasteiger charge is 2.08. The van der Waals surface area contributed by atoms with E-state index < -0.39 is 0 Å². The number of hydrogen-bond acceptors (Lipinski definition) is 2. The molecule has 2 aromatic rings. The summed E-state index contributed by atoms with van der Waals surface area (Å²) in [5.41, 5.74) is 1.79. The molecule has 0 aliphatic rings. The second-order valence-electron chi connectivity index (χ2n) is 3.74. The quantitative estimate of drug-likeness (QED) is 0.541. The SMILES string of the molecule is CC(C)n1cc(N=C=O)c2ccccc21. The van der Waals surface area contributed by atoms with Gasteiger partial charge in [-0.3, -0.25) is 0 Å². The van der Waals surface area contributed by atoms with Crippen molar-refractivity contribution in [1.82, 2.24) is 4.57 Å². The van der Waals surface area contributed by atoms with Crippen LogP contribution in [0.3, 0.4) is 0 Å². The Labute approximate surface area is 88.0 Å². The highest BCUT2D eigenvalue weighted by molar-refractivity contribution is 5.92. The highest BCUT2D eigenvalue weighted by Crippen LogP contribution is 2.30. The minimum atomic E-state index is 0.352. The fourth-order valence-electron chi connectivity index (χ4n) is 1.75. The van der Waals surface area contributed by atoms with Crippen molar-refractivity contribution in [3.05, 3.63) is 30.5 Å². The lowest BCUT2D eigenvalue weighted by Crippen LogP contribution is -1.97. The number of hydrogen-bond donors (Lipinski definition) is 0. The smallest absolute Gasteiger partial charge is 0.240 e. The third kappa shape index (κ3) is 1.58. The Morgan fingerprint density at radius 1 is 1.33 bits per heavy atom. The minimum absolute atomic E-state index is 0.352. The first-order chi connectivity index (χ1) is 7.24. The van der Waals surface area contributed by atoms with Gasteiger partial charge in [0.1, 0.15) is 5.69 Å². The van der Waals surface area contributed by atoms with Crippen LogP contribution < -0.4 is 0 Å². The zero-order valence-corrected chi connectivity index (χ0v) is 8.77. The summed E-state index contributed by atoms with van der Waals surface area (Å²) in [6.45, 7) is 4.20. The number of para-hydroxylation sites is 1. The molecule has 76 valence electrons. The first-order valence-corrected chi connectivity index (χ1v) is 4.91. The molecule has 0 spiro atoms. The molecule has 0 saturated heterocycles. The number of aromatic nitrogens is 1. The van der Waals surface area contributed by atoms with Gasteiger partial charge >= 0.3 is 0 Å². The van der Waals surface area contributed by atoms with Gasteiger partial charge in [-0.2, -0.15) is 4.99 Å². The predicted octanol–water partition coefficient (Wildman–Crippen LogP) is 3.19. The molecule has 1 heterocycles. The van der Waals surface area contributed by atoms with Crippen LogP contribution in [-0.4, -0.2) is 10.6 Å². The van der Waals surface area contributed by atoms with E-state index in [1.165, 1.54) is 0 Å². The van der Waals surface area contributed by atoms with Crippen molar-refractivity contribution in [2.75, 3.05) is 0 Å². The summed E-state index contributed by atoms with van der Waals surface area (Å²) in [7, 11) is 0. The first-order valence-electron chi connectivity index (χ1n) is 4.91. The third-order valence-corrected chi connectivity index (χ3v) is 2.44. The highest BCUT2D eigenvalue weighted by atomic mass is 16.1. The van der Waals surface area contributed by atoms with Crippen LogP contribution in [0.15, 0.2) is 35.5 Å². The van der Waals surface area contributed by atoms with Gasteiger partial charge in [0.05, 0.1) is 5.52 Å². The van der Waals surface area contributed by atoms with Gasteiger partial charge in [0.25, 0.3) is 0 Å². The number of aliphatic imine (C=N–C) groups is 1. The Kier molecular flexibility index (Phi) is 2.40. The normalized spacial score (nSPS) is 10.6. The van der Waals surface area contributed by atoms with E-state index >= 15 is 0 Å². The Bertz CT molecular complexity index is 534.